The fraction of sp³-hybridized carbons (Fsp3) is 0.125. The van der Waals surface area contributed by atoms with Crippen LogP contribution in [0, 0.1) is 13.8 Å². The zero-order valence-corrected chi connectivity index (χ0v) is 18.3. The topological polar surface area (TPSA) is 84.7 Å². The highest BCUT2D eigenvalue weighted by Gasteiger charge is 2.07. The number of aromatic nitrogens is 2. The van der Waals surface area contributed by atoms with Crippen molar-refractivity contribution in [3.8, 4) is 5.75 Å². The predicted molar refractivity (Wildman–Crippen MR) is 126 cm³/mol. The minimum absolute atomic E-state index is 0.154. The summed E-state index contributed by atoms with van der Waals surface area (Å²) >= 11 is 5.99. The van der Waals surface area contributed by atoms with Gasteiger partial charge >= 0.3 is 6.03 Å². The monoisotopic (exact) mass is 448 g/mol. The third kappa shape index (κ3) is 5.07. The molecular weight excluding hydrogens is 428 g/mol. The van der Waals surface area contributed by atoms with Gasteiger partial charge in [-0.15, -0.1) is 0 Å². The van der Waals surface area contributed by atoms with Crippen molar-refractivity contribution >= 4 is 34.7 Å². The number of hydrogen-bond acceptors (Lipinski definition) is 4. The second kappa shape index (κ2) is 9.11. The molecule has 162 valence electrons. The molecule has 32 heavy (non-hydrogen) atoms. The fourth-order valence-corrected chi connectivity index (χ4v) is 3.31. The summed E-state index contributed by atoms with van der Waals surface area (Å²) in [6.07, 6.45) is 1.75. The summed E-state index contributed by atoms with van der Waals surface area (Å²) < 4.78 is 7.26. The zero-order chi connectivity index (χ0) is 22.7. The molecule has 4 rings (SSSR count). The number of amides is 2. The van der Waals surface area contributed by atoms with Gasteiger partial charge in [-0.3, -0.25) is 9.20 Å². The van der Waals surface area contributed by atoms with Crippen LogP contribution in [0.4, 0.5) is 16.2 Å². The maximum Gasteiger partial charge on any atom is 0.323 e. The molecule has 0 atom stereocenters. The summed E-state index contributed by atoms with van der Waals surface area (Å²) in [6.45, 7) is 3.96. The second-order valence-electron chi connectivity index (χ2n) is 7.37. The minimum Gasteiger partial charge on any atom is -0.487 e. The Morgan fingerprint density at radius 1 is 1.03 bits per heavy atom. The number of aryl methyl sites for hydroxylation is 2. The number of carbonyl (C=O) groups excluding carboxylic acids is 1. The van der Waals surface area contributed by atoms with E-state index in [1.807, 2.05) is 26.0 Å². The molecule has 2 heterocycles. The average Bonchev–Trinajstić information content (AvgIpc) is 2.76. The summed E-state index contributed by atoms with van der Waals surface area (Å²) in [7, 11) is 0. The largest absolute Gasteiger partial charge is 0.487 e. The number of urea groups is 1. The van der Waals surface area contributed by atoms with Crippen molar-refractivity contribution in [3.63, 3.8) is 0 Å². The number of hydrogen-bond donors (Lipinski definition) is 2. The summed E-state index contributed by atoms with van der Waals surface area (Å²) in [5.41, 5.74) is 4.09. The second-order valence-corrected chi connectivity index (χ2v) is 7.81. The lowest BCUT2D eigenvalue weighted by atomic mass is 10.2. The van der Waals surface area contributed by atoms with Crippen LogP contribution in [0.5, 0.6) is 5.75 Å². The summed E-state index contributed by atoms with van der Waals surface area (Å²) in [5, 5.41) is 6.09. The third-order valence-electron chi connectivity index (χ3n) is 4.81. The number of carbonyl (C=O) groups is 1. The van der Waals surface area contributed by atoms with Crippen LogP contribution in [0.25, 0.3) is 5.65 Å². The van der Waals surface area contributed by atoms with Crippen molar-refractivity contribution in [2.24, 2.45) is 0 Å². The summed E-state index contributed by atoms with van der Waals surface area (Å²) in [4.78, 5) is 29.0. The van der Waals surface area contributed by atoms with Crippen LogP contribution in [0.1, 0.15) is 16.8 Å². The maximum absolute atomic E-state index is 12.3. The van der Waals surface area contributed by atoms with Crippen molar-refractivity contribution in [2.75, 3.05) is 10.6 Å². The molecule has 8 heteroatoms. The standard InChI is InChI=1S/C24H21ClN4O3/c1-15-3-10-22-26-19(12-23(30)29(22)13-15)14-32-20-8-6-18(7-9-20)27-24(31)28-21-11-17(25)5-4-16(21)2/h3-13H,14H2,1-2H3,(H2,27,28,31). The van der Waals surface area contributed by atoms with Crippen LogP contribution in [-0.4, -0.2) is 15.4 Å². The number of nitrogens with zero attached hydrogens (tertiary/aromatic N) is 2. The van der Waals surface area contributed by atoms with Gasteiger partial charge in [0.2, 0.25) is 0 Å². The number of rotatable bonds is 5. The molecule has 2 aromatic heterocycles. The summed E-state index contributed by atoms with van der Waals surface area (Å²) in [5.74, 6) is 0.590. The molecule has 0 aliphatic carbocycles. The van der Waals surface area contributed by atoms with Crippen LogP contribution < -0.4 is 20.9 Å². The van der Waals surface area contributed by atoms with E-state index in [1.165, 1.54) is 10.5 Å². The number of ether oxygens (including phenoxy) is 1. The molecule has 0 aliphatic rings. The zero-order valence-electron chi connectivity index (χ0n) is 17.6. The van der Waals surface area contributed by atoms with Crippen molar-refractivity contribution in [1.82, 2.24) is 9.38 Å². The van der Waals surface area contributed by atoms with Gasteiger partial charge in [-0.25, -0.2) is 9.78 Å². The Hall–Kier alpha value is -3.84. The smallest absolute Gasteiger partial charge is 0.323 e. The molecule has 7 nitrogen and oxygen atoms in total. The van der Waals surface area contributed by atoms with Gasteiger partial charge in [0.15, 0.2) is 0 Å². The Labute approximate surface area is 189 Å². The molecule has 0 saturated heterocycles. The van der Waals surface area contributed by atoms with Crippen LogP contribution in [-0.2, 0) is 6.61 Å². The number of nitrogens with one attached hydrogen (secondary N) is 2. The molecule has 0 radical (unpaired) electrons. The van der Waals surface area contributed by atoms with Gasteiger partial charge in [-0.05, 0) is 67.4 Å². The Morgan fingerprint density at radius 3 is 2.59 bits per heavy atom. The maximum atomic E-state index is 12.3. The number of halogens is 1. The predicted octanol–water partition coefficient (Wildman–Crippen LogP) is 5.19. The van der Waals surface area contributed by atoms with Crippen molar-refractivity contribution in [2.45, 2.75) is 20.5 Å². The third-order valence-corrected chi connectivity index (χ3v) is 5.04. The van der Waals surface area contributed by atoms with E-state index in [0.29, 0.717) is 33.5 Å². The first kappa shape index (κ1) is 21.4. The fourth-order valence-electron chi connectivity index (χ4n) is 3.14. The number of pyridine rings is 1. The minimum atomic E-state index is -0.375. The molecule has 4 aromatic rings. The quantitative estimate of drug-likeness (QED) is 0.440. The molecular formula is C24H21ClN4O3. The Balaban J connectivity index is 1.37. The van der Waals surface area contributed by atoms with Gasteiger partial charge in [0.1, 0.15) is 18.0 Å². The Bertz CT molecular complexity index is 1350. The molecule has 0 aliphatic heterocycles. The molecule has 2 N–H and O–H groups in total. The molecule has 0 fully saturated rings. The summed E-state index contributed by atoms with van der Waals surface area (Å²) in [6, 6.07) is 17.0. The van der Waals surface area contributed by atoms with E-state index in [2.05, 4.69) is 15.6 Å². The van der Waals surface area contributed by atoms with Crippen molar-refractivity contribution < 1.29 is 9.53 Å². The van der Waals surface area contributed by atoms with Crippen LogP contribution in [0.3, 0.4) is 0 Å². The van der Waals surface area contributed by atoms with Gasteiger partial charge in [0, 0.05) is 28.7 Å². The van der Waals surface area contributed by atoms with Crippen LogP contribution in [0.2, 0.25) is 5.02 Å². The van der Waals surface area contributed by atoms with Gasteiger partial charge in [-0.2, -0.15) is 0 Å². The van der Waals surface area contributed by atoms with E-state index >= 15 is 0 Å². The first-order valence-corrected chi connectivity index (χ1v) is 10.3. The normalized spacial score (nSPS) is 10.7. The molecule has 0 bridgehead atoms. The highest BCUT2D eigenvalue weighted by atomic mass is 35.5. The number of anilines is 2. The van der Waals surface area contributed by atoms with E-state index in [9.17, 15) is 9.59 Å². The number of benzene rings is 2. The van der Waals surface area contributed by atoms with E-state index in [-0.39, 0.29) is 18.2 Å². The van der Waals surface area contributed by atoms with E-state index in [1.54, 1.807) is 48.7 Å². The lowest BCUT2D eigenvalue weighted by molar-refractivity contribution is 0.262. The van der Waals surface area contributed by atoms with E-state index < -0.39 is 0 Å². The van der Waals surface area contributed by atoms with Crippen LogP contribution in [0.15, 0.2) is 71.7 Å². The van der Waals surface area contributed by atoms with E-state index in [4.69, 9.17) is 16.3 Å². The van der Waals surface area contributed by atoms with Crippen molar-refractivity contribution in [3.05, 3.63) is 99.1 Å². The Morgan fingerprint density at radius 2 is 1.81 bits per heavy atom. The van der Waals surface area contributed by atoms with Gasteiger partial charge in [-0.1, -0.05) is 23.7 Å². The molecule has 0 unspecified atom stereocenters. The molecule has 0 spiro atoms. The lowest BCUT2D eigenvalue weighted by Crippen LogP contribution is -2.19. The first-order chi connectivity index (χ1) is 15.4. The Kier molecular flexibility index (Phi) is 6.09. The lowest BCUT2D eigenvalue weighted by Gasteiger charge is -2.11. The first-order valence-electron chi connectivity index (χ1n) is 9.93. The number of fused-ring (bicyclic) bond motifs is 1. The highest BCUT2D eigenvalue weighted by Crippen LogP contribution is 2.21. The molecule has 2 aromatic carbocycles. The van der Waals surface area contributed by atoms with Crippen molar-refractivity contribution in [1.29, 1.82) is 0 Å². The van der Waals surface area contributed by atoms with Gasteiger partial charge < -0.3 is 15.4 Å². The van der Waals surface area contributed by atoms with Gasteiger partial charge in [0.05, 0.1) is 5.69 Å². The average molecular weight is 449 g/mol. The SMILES string of the molecule is Cc1ccc2nc(COc3ccc(NC(=O)Nc4cc(Cl)ccc4C)cc3)cc(=O)n2c1. The van der Waals surface area contributed by atoms with E-state index in [0.717, 1.165) is 11.1 Å². The highest BCUT2D eigenvalue weighted by molar-refractivity contribution is 6.31. The van der Waals surface area contributed by atoms with Gasteiger partial charge in [0.25, 0.3) is 5.56 Å². The molecule has 2 amide bonds. The van der Waals surface area contributed by atoms with Crippen LogP contribution >= 0.6 is 11.6 Å². The molecule has 0 saturated carbocycles.